The van der Waals surface area contributed by atoms with Gasteiger partial charge in [0.05, 0.1) is 23.3 Å². The van der Waals surface area contributed by atoms with E-state index in [2.05, 4.69) is 22.4 Å². The Hall–Kier alpha value is -2.22. The zero-order chi connectivity index (χ0) is 18.5. The molecule has 2 aromatic rings. The van der Waals surface area contributed by atoms with Crippen LogP contribution in [0.4, 0.5) is 0 Å². The molecule has 2 saturated carbocycles. The van der Waals surface area contributed by atoms with E-state index in [0.717, 1.165) is 24.1 Å². The predicted octanol–water partition coefficient (Wildman–Crippen LogP) is 2.19. The number of rotatable bonds is 3. The topological polar surface area (TPSA) is 88.3 Å². The van der Waals surface area contributed by atoms with Gasteiger partial charge in [-0.1, -0.05) is 5.16 Å². The number of fused-ring (bicyclic) bond motifs is 2. The molecule has 1 saturated heterocycles. The van der Waals surface area contributed by atoms with E-state index in [9.17, 15) is 9.59 Å². The standard InChI is InChI=1S/C19H22N4O3S/c1-10-2-5-13(27-10)17-21-18(26-22-17)15-11-3-4-12(8-11)16(15)19(25)23-7-6-20-14(24)9-23/h2,5,11-12,15-16H,3-4,6-9H2,1H3,(H,20,24)/t11-,12+,15+,16+/m1/s1. The minimum Gasteiger partial charge on any atom is -0.353 e. The van der Waals surface area contributed by atoms with Crippen LogP contribution in [0.1, 0.15) is 35.9 Å². The van der Waals surface area contributed by atoms with Crippen LogP contribution in [0.5, 0.6) is 0 Å². The molecule has 2 aromatic heterocycles. The Morgan fingerprint density at radius 2 is 2.19 bits per heavy atom. The molecule has 3 fully saturated rings. The minimum absolute atomic E-state index is 0.0245. The smallest absolute Gasteiger partial charge is 0.239 e. The van der Waals surface area contributed by atoms with Crippen molar-refractivity contribution in [2.24, 2.45) is 17.8 Å². The van der Waals surface area contributed by atoms with Crippen molar-refractivity contribution < 1.29 is 14.1 Å². The quantitative estimate of drug-likeness (QED) is 0.874. The third kappa shape index (κ3) is 2.86. The average molecular weight is 386 g/mol. The molecule has 0 radical (unpaired) electrons. The zero-order valence-electron chi connectivity index (χ0n) is 15.2. The van der Waals surface area contributed by atoms with Crippen LogP contribution < -0.4 is 5.32 Å². The molecule has 4 atom stereocenters. The Morgan fingerprint density at radius 1 is 1.33 bits per heavy atom. The molecule has 1 N–H and O–H groups in total. The van der Waals surface area contributed by atoms with Gasteiger partial charge in [0.15, 0.2) is 0 Å². The molecule has 2 amide bonds. The van der Waals surface area contributed by atoms with Crippen LogP contribution in [-0.4, -0.2) is 46.5 Å². The number of amides is 2. The van der Waals surface area contributed by atoms with Gasteiger partial charge in [0.2, 0.25) is 23.5 Å². The Morgan fingerprint density at radius 3 is 2.96 bits per heavy atom. The first kappa shape index (κ1) is 16.9. The highest BCUT2D eigenvalue weighted by molar-refractivity contribution is 7.15. The molecule has 7 nitrogen and oxygen atoms in total. The first-order chi connectivity index (χ1) is 13.1. The normalized spacial score (nSPS) is 30.0. The van der Waals surface area contributed by atoms with Crippen LogP contribution in [0.3, 0.4) is 0 Å². The van der Waals surface area contributed by atoms with E-state index in [1.54, 1.807) is 16.2 Å². The molecule has 3 heterocycles. The second-order valence-corrected chi connectivity index (χ2v) is 9.15. The SMILES string of the molecule is Cc1ccc(-c2noc([C@H]3[C@@H]4CC[C@@H](C4)[C@@H]3C(=O)N3CCNC(=O)C3)n2)s1. The highest BCUT2D eigenvalue weighted by atomic mass is 32.1. The maximum absolute atomic E-state index is 13.3. The van der Waals surface area contributed by atoms with Crippen molar-refractivity contribution in [1.29, 1.82) is 0 Å². The fraction of sp³-hybridized carbons (Fsp3) is 0.579. The molecule has 2 aliphatic carbocycles. The van der Waals surface area contributed by atoms with Crippen LogP contribution >= 0.6 is 11.3 Å². The number of carbonyl (C=O) groups excluding carboxylic acids is 2. The Kier molecular flexibility index (Phi) is 4.03. The number of nitrogens with one attached hydrogen (secondary N) is 1. The van der Waals surface area contributed by atoms with Gasteiger partial charge in [-0.25, -0.2) is 0 Å². The van der Waals surface area contributed by atoms with Gasteiger partial charge >= 0.3 is 0 Å². The first-order valence-electron chi connectivity index (χ1n) is 9.56. The lowest BCUT2D eigenvalue weighted by Gasteiger charge is -2.34. The fourth-order valence-corrected chi connectivity index (χ4v) is 5.86. The largest absolute Gasteiger partial charge is 0.353 e. The number of thiophene rings is 1. The number of carbonyl (C=O) groups is 2. The molecule has 2 bridgehead atoms. The van der Waals surface area contributed by atoms with Crippen LogP contribution in [0, 0.1) is 24.7 Å². The fourth-order valence-electron chi connectivity index (χ4n) is 5.06. The van der Waals surface area contributed by atoms with E-state index >= 15 is 0 Å². The molecule has 5 rings (SSSR count). The molecular weight excluding hydrogens is 364 g/mol. The van der Waals surface area contributed by atoms with Crippen molar-refractivity contribution in [3.8, 4) is 10.7 Å². The van der Waals surface area contributed by atoms with Crippen molar-refractivity contribution >= 4 is 23.2 Å². The van der Waals surface area contributed by atoms with Crippen molar-refractivity contribution in [2.45, 2.75) is 32.1 Å². The van der Waals surface area contributed by atoms with Crippen molar-refractivity contribution in [3.63, 3.8) is 0 Å². The van der Waals surface area contributed by atoms with Crippen LogP contribution in [0.25, 0.3) is 10.7 Å². The summed E-state index contributed by atoms with van der Waals surface area (Å²) in [6.45, 7) is 3.31. The van der Waals surface area contributed by atoms with Gasteiger partial charge in [-0.15, -0.1) is 11.3 Å². The molecule has 0 aromatic carbocycles. The predicted molar refractivity (Wildman–Crippen MR) is 99.0 cm³/mol. The van der Waals surface area contributed by atoms with Gasteiger partial charge in [-0.3, -0.25) is 9.59 Å². The van der Waals surface area contributed by atoms with Gasteiger partial charge < -0.3 is 14.7 Å². The van der Waals surface area contributed by atoms with Gasteiger partial charge in [0.1, 0.15) is 0 Å². The van der Waals surface area contributed by atoms with Crippen LogP contribution in [0.15, 0.2) is 16.7 Å². The summed E-state index contributed by atoms with van der Waals surface area (Å²) in [7, 11) is 0. The summed E-state index contributed by atoms with van der Waals surface area (Å²) >= 11 is 1.64. The number of hydrogen-bond donors (Lipinski definition) is 1. The Bertz CT molecular complexity index is 891. The third-order valence-electron chi connectivity index (χ3n) is 6.24. The van der Waals surface area contributed by atoms with E-state index in [-0.39, 0.29) is 30.2 Å². The first-order valence-corrected chi connectivity index (χ1v) is 10.4. The molecular formula is C19H22N4O3S. The summed E-state index contributed by atoms with van der Waals surface area (Å²) in [4.78, 5) is 33.5. The second kappa shape index (κ2) is 6.44. The van der Waals surface area contributed by atoms with Crippen LogP contribution in [0.2, 0.25) is 0 Å². The molecule has 3 aliphatic rings. The lowest BCUT2D eigenvalue weighted by atomic mass is 9.78. The average Bonchev–Trinajstić information content (AvgIpc) is 3.43. The zero-order valence-corrected chi connectivity index (χ0v) is 16.0. The summed E-state index contributed by atoms with van der Waals surface area (Å²) < 4.78 is 5.65. The number of aromatic nitrogens is 2. The summed E-state index contributed by atoms with van der Waals surface area (Å²) in [6, 6.07) is 4.05. The highest BCUT2D eigenvalue weighted by Crippen LogP contribution is 2.57. The number of aryl methyl sites for hydroxylation is 1. The second-order valence-electron chi connectivity index (χ2n) is 7.86. The number of piperazine rings is 1. The maximum atomic E-state index is 13.3. The summed E-state index contributed by atoms with van der Waals surface area (Å²) in [5, 5.41) is 6.97. The Balaban J connectivity index is 1.43. The summed E-state index contributed by atoms with van der Waals surface area (Å²) in [5.74, 6) is 1.79. The summed E-state index contributed by atoms with van der Waals surface area (Å²) in [6.07, 6.45) is 3.22. The molecule has 27 heavy (non-hydrogen) atoms. The van der Waals surface area contributed by atoms with E-state index in [0.29, 0.717) is 36.6 Å². The lowest BCUT2D eigenvalue weighted by molar-refractivity contribution is -0.143. The monoisotopic (exact) mass is 386 g/mol. The van der Waals surface area contributed by atoms with Crippen molar-refractivity contribution in [1.82, 2.24) is 20.4 Å². The lowest BCUT2D eigenvalue weighted by Crippen LogP contribution is -2.52. The summed E-state index contributed by atoms with van der Waals surface area (Å²) in [5.41, 5.74) is 0. The van der Waals surface area contributed by atoms with E-state index in [4.69, 9.17) is 4.52 Å². The van der Waals surface area contributed by atoms with Crippen molar-refractivity contribution in [3.05, 3.63) is 22.9 Å². The van der Waals surface area contributed by atoms with Crippen molar-refractivity contribution in [2.75, 3.05) is 19.6 Å². The van der Waals surface area contributed by atoms with E-state index in [1.807, 2.05) is 12.1 Å². The molecule has 0 spiro atoms. The van der Waals surface area contributed by atoms with E-state index < -0.39 is 0 Å². The van der Waals surface area contributed by atoms with Gasteiger partial charge in [-0.2, -0.15) is 4.98 Å². The highest BCUT2D eigenvalue weighted by Gasteiger charge is 2.54. The molecule has 142 valence electrons. The van der Waals surface area contributed by atoms with Crippen LogP contribution in [-0.2, 0) is 9.59 Å². The minimum atomic E-state index is -0.145. The molecule has 8 heteroatoms. The van der Waals surface area contributed by atoms with Gasteiger partial charge in [0.25, 0.3) is 0 Å². The molecule has 1 aliphatic heterocycles. The number of nitrogens with zero attached hydrogens (tertiary/aromatic N) is 3. The van der Waals surface area contributed by atoms with Gasteiger partial charge in [0, 0.05) is 18.0 Å². The molecule has 0 unspecified atom stereocenters. The maximum Gasteiger partial charge on any atom is 0.239 e. The number of hydrogen-bond acceptors (Lipinski definition) is 6. The van der Waals surface area contributed by atoms with Gasteiger partial charge in [-0.05, 0) is 50.2 Å². The third-order valence-corrected chi connectivity index (χ3v) is 7.24. The van der Waals surface area contributed by atoms with E-state index in [1.165, 1.54) is 4.88 Å². The Labute approximate surface area is 161 Å².